The van der Waals surface area contributed by atoms with Crippen molar-refractivity contribution in [1.29, 1.82) is 0 Å². The lowest BCUT2D eigenvalue weighted by molar-refractivity contribution is 0.729. The van der Waals surface area contributed by atoms with Gasteiger partial charge in [0, 0.05) is 17.2 Å². The SMILES string of the molecule is Cn1nnc2c(Nc3cccc(Br)c3)ncnc21. The summed E-state index contributed by atoms with van der Waals surface area (Å²) in [6, 6.07) is 7.82. The third kappa shape index (κ3) is 1.92. The first-order valence-corrected chi connectivity index (χ1v) is 6.06. The van der Waals surface area contributed by atoms with Crippen LogP contribution in [0.4, 0.5) is 11.5 Å². The van der Waals surface area contributed by atoms with Crippen molar-refractivity contribution >= 4 is 38.6 Å². The highest BCUT2D eigenvalue weighted by Gasteiger charge is 2.09. The van der Waals surface area contributed by atoms with Gasteiger partial charge >= 0.3 is 0 Å². The molecule has 0 saturated carbocycles. The van der Waals surface area contributed by atoms with Crippen molar-refractivity contribution in [2.75, 3.05) is 5.32 Å². The first-order chi connectivity index (χ1) is 8.74. The molecule has 3 aromatic rings. The average Bonchev–Trinajstić information content (AvgIpc) is 2.73. The number of anilines is 2. The van der Waals surface area contributed by atoms with Gasteiger partial charge in [-0.05, 0) is 18.2 Å². The minimum atomic E-state index is 0.645. The van der Waals surface area contributed by atoms with Gasteiger partial charge < -0.3 is 5.32 Å². The molecule has 18 heavy (non-hydrogen) atoms. The topological polar surface area (TPSA) is 68.5 Å². The van der Waals surface area contributed by atoms with Crippen LogP contribution < -0.4 is 5.32 Å². The number of aryl methyl sites for hydroxylation is 1. The van der Waals surface area contributed by atoms with Crippen LogP contribution in [-0.4, -0.2) is 25.0 Å². The van der Waals surface area contributed by atoms with Crippen molar-refractivity contribution < 1.29 is 0 Å². The molecule has 0 amide bonds. The van der Waals surface area contributed by atoms with Crippen LogP contribution in [0.3, 0.4) is 0 Å². The van der Waals surface area contributed by atoms with Crippen molar-refractivity contribution in [3.05, 3.63) is 35.1 Å². The summed E-state index contributed by atoms with van der Waals surface area (Å²) < 4.78 is 2.61. The van der Waals surface area contributed by atoms with Crippen molar-refractivity contribution in [3.8, 4) is 0 Å². The van der Waals surface area contributed by atoms with Gasteiger partial charge in [-0.15, -0.1) is 5.10 Å². The molecule has 0 radical (unpaired) electrons. The van der Waals surface area contributed by atoms with Crippen LogP contribution in [-0.2, 0) is 7.05 Å². The molecule has 0 unspecified atom stereocenters. The molecule has 0 aliphatic carbocycles. The van der Waals surface area contributed by atoms with E-state index < -0.39 is 0 Å². The maximum absolute atomic E-state index is 4.19. The van der Waals surface area contributed by atoms with E-state index in [2.05, 4.69) is 41.5 Å². The predicted octanol–water partition coefficient (Wildman–Crippen LogP) is 2.26. The Balaban J connectivity index is 2.05. The highest BCUT2D eigenvalue weighted by molar-refractivity contribution is 9.10. The summed E-state index contributed by atoms with van der Waals surface area (Å²) >= 11 is 3.42. The molecule has 0 aliphatic rings. The summed E-state index contributed by atoms with van der Waals surface area (Å²) in [5, 5.41) is 11.2. The maximum atomic E-state index is 4.19. The smallest absolute Gasteiger partial charge is 0.183 e. The van der Waals surface area contributed by atoms with E-state index in [0.29, 0.717) is 17.0 Å². The molecule has 3 rings (SSSR count). The summed E-state index contributed by atoms with van der Waals surface area (Å²) in [4.78, 5) is 8.33. The standard InChI is InChI=1S/C11H9BrN6/c1-18-11-9(16-17-18)10(13-6-14-11)15-8-4-2-3-7(12)5-8/h2-6H,1H3,(H,13,14,15). The van der Waals surface area contributed by atoms with Gasteiger partial charge in [0.1, 0.15) is 6.33 Å². The Morgan fingerprint density at radius 1 is 1.28 bits per heavy atom. The summed E-state index contributed by atoms with van der Waals surface area (Å²) in [5.74, 6) is 0.645. The van der Waals surface area contributed by atoms with Gasteiger partial charge in [0.05, 0.1) is 0 Å². The molecule has 90 valence electrons. The van der Waals surface area contributed by atoms with Gasteiger partial charge in [0.25, 0.3) is 0 Å². The molecule has 0 spiro atoms. The Morgan fingerprint density at radius 2 is 2.17 bits per heavy atom. The molecule has 2 aromatic heterocycles. The van der Waals surface area contributed by atoms with Gasteiger partial charge in [0.2, 0.25) is 0 Å². The van der Waals surface area contributed by atoms with Crippen LogP contribution in [0.5, 0.6) is 0 Å². The third-order valence-electron chi connectivity index (χ3n) is 2.48. The summed E-state index contributed by atoms with van der Waals surface area (Å²) in [7, 11) is 1.80. The number of rotatable bonds is 2. The highest BCUT2D eigenvalue weighted by Crippen LogP contribution is 2.22. The Hall–Kier alpha value is -2.02. The summed E-state index contributed by atoms with van der Waals surface area (Å²) in [6.45, 7) is 0. The lowest BCUT2D eigenvalue weighted by atomic mass is 10.3. The zero-order valence-corrected chi connectivity index (χ0v) is 11.1. The number of fused-ring (bicyclic) bond motifs is 1. The number of aromatic nitrogens is 5. The molecular weight excluding hydrogens is 296 g/mol. The van der Waals surface area contributed by atoms with Crippen LogP contribution in [0.2, 0.25) is 0 Å². The molecule has 1 N–H and O–H groups in total. The number of halogens is 1. The summed E-state index contributed by atoms with van der Waals surface area (Å²) in [6.07, 6.45) is 1.49. The van der Waals surface area contributed by atoms with Crippen LogP contribution in [0.1, 0.15) is 0 Å². The largest absolute Gasteiger partial charge is 0.338 e. The summed E-state index contributed by atoms with van der Waals surface area (Å²) in [5.41, 5.74) is 2.28. The Labute approximate surface area is 111 Å². The highest BCUT2D eigenvalue weighted by atomic mass is 79.9. The van der Waals surface area contributed by atoms with E-state index in [4.69, 9.17) is 0 Å². The molecule has 0 aliphatic heterocycles. The predicted molar refractivity (Wildman–Crippen MR) is 71.5 cm³/mol. The van der Waals surface area contributed by atoms with E-state index in [1.807, 2.05) is 24.3 Å². The van der Waals surface area contributed by atoms with Gasteiger partial charge in [-0.1, -0.05) is 27.2 Å². The zero-order chi connectivity index (χ0) is 12.5. The van der Waals surface area contributed by atoms with Gasteiger partial charge in [0.15, 0.2) is 17.0 Å². The van der Waals surface area contributed by atoms with Gasteiger partial charge in [-0.3, -0.25) is 0 Å². The van der Waals surface area contributed by atoms with Crippen LogP contribution >= 0.6 is 15.9 Å². The molecule has 0 atom stereocenters. The van der Waals surface area contributed by atoms with E-state index in [0.717, 1.165) is 10.2 Å². The monoisotopic (exact) mass is 304 g/mol. The Morgan fingerprint density at radius 3 is 3.00 bits per heavy atom. The van der Waals surface area contributed by atoms with Crippen LogP contribution in [0, 0.1) is 0 Å². The van der Waals surface area contributed by atoms with E-state index in [-0.39, 0.29) is 0 Å². The van der Waals surface area contributed by atoms with Crippen LogP contribution in [0.15, 0.2) is 35.1 Å². The first kappa shape index (κ1) is 11.1. The van der Waals surface area contributed by atoms with Gasteiger partial charge in [-0.2, -0.15) is 0 Å². The van der Waals surface area contributed by atoms with E-state index in [1.165, 1.54) is 6.33 Å². The number of hydrogen-bond acceptors (Lipinski definition) is 5. The molecule has 0 saturated heterocycles. The molecular formula is C11H9BrN6. The average molecular weight is 305 g/mol. The van der Waals surface area contributed by atoms with Crippen molar-refractivity contribution in [2.24, 2.45) is 7.05 Å². The van der Waals surface area contributed by atoms with Crippen LogP contribution in [0.25, 0.3) is 11.2 Å². The molecule has 0 fully saturated rings. The Bertz CT molecular complexity index is 708. The van der Waals surface area contributed by atoms with E-state index >= 15 is 0 Å². The number of nitrogens with zero attached hydrogens (tertiary/aromatic N) is 5. The minimum Gasteiger partial charge on any atom is -0.338 e. The van der Waals surface area contributed by atoms with E-state index in [1.54, 1.807) is 11.7 Å². The number of nitrogens with one attached hydrogen (secondary N) is 1. The molecule has 1 aromatic carbocycles. The minimum absolute atomic E-state index is 0.645. The normalized spacial score (nSPS) is 10.8. The fraction of sp³-hybridized carbons (Fsp3) is 0.0909. The molecule has 0 bridgehead atoms. The molecule has 6 nitrogen and oxygen atoms in total. The quantitative estimate of drug-likeness (QED) is 0.786. The fourth-order valence-corrected chi connectivity index (χ4v) is 2.05. The molecule has 2 heterocycles. The maximum Gasteiger partial charge on any atom is 0.183 e. The lowest BCUT2D eigenvalue weighted by Gasteiger charge is -2.05. The second-order valence-electron chi connectivity index (χ2n) is 3.74. The molecule has 7 heteroatoms. The zero-order valence-electron chi connectivity index (χ0n) is 9.50. The second kappa shape index (κ2) is 4.34. The van der Waals surface area contributed by atoms with Crippen molar-refractivity contribution in [2.45, 2.75) is 0 Å². The number of benzene rings is 1. The first-order valence-electron chi connectivity index (χ1n) is 5.27. The fourth-order valence-electron chi connectivity index (χ4n) is 1.65. The Kier molecular flexibility index (Phi) is 2.67. The number of hydrogen-bond donors (Lipinski definition) is 1. The van der Waals surface area contributed by atoms with E-state index in [9.17, 15) is 0 Å². The van der Waals surface area contributed by atoms with Crippen molar-refractivity contribution in [3.63, 3.8) is 0 Å². The lowest BCUT2D eigenvalue weighted by Crippen LogP contribution is -1.97. The third-order valence-corrected chi connectivity index (χ3v) is 2.97. The van der Waals surface area contributed by atoms with Crippen molar-refractivity contribution in [1.82, 2.24) is 25.0 Å². The van der Waals surface area contributed by atoms with Gasteiger partial charge in [-0.25, -0.2) is 14.6 Å². The second-order valence-corrected chi connectivity index (χ2v) is 4.66.